The van der Waals surface area contributed by atoms with E-state index in [0.717, 1.165) is 18.1 Å². The molecule has 2 aromatic carbocycles. The molecule has 0 fully saturated rings. The smallest absolute Gasteiger partial charge is 0.429 e. The van der Waals surface area contributed by atoms with Crippen molar-refractivity contribution in [3.63, 3.8) is 0 Å². The molecule has 1 aliphatic rings. The van der Waals surface area contributed by atoms with Gasteiger partial charge in [-0.05, 0) is 17.0 Å². The molecule has 1 amide bonds. The van der Waals surface area contributed by atoms with Gasteiger partial charge in [0, 0.05) is 18.1 Å². The van der Waals surface area contributed by atoms with Crippen molar-refractivity contribution in [1.29, 1.82) is 0 Å². The van der Waals surface area contributed by atoms with Crippen LogP contribution >= 0.6 is 0 Å². The van der Waals surface area contributed by atoms with Crippen LogP contribution in [0.25, 0.3) is 0 Å². The molecule has 2 aromatic rings. The second kappa shape index (κ2) is 7.87. The van der Waals surface area contributed by atoms with Crippen LogP contribution in [0.1, 0.15) is 58.5 Å². The molecule has 0 aliphatic heterocycles. The standard InChI is InChI=1S/C22H21NO6/c1-13(2)16-8-6-7-15(11-16)12-28-21(27)29-22(23-14(3)24)19(25)17-9-4-5-10-18(17)20(22)26/h4-11,13H,12H2,1-3H3,(H,23,24). The van der Waals surface area contributed by atoms with Gasteiger partial charge < -0.3 is 14.8 Å². The monoisotopic (exact) mass is 395 g/mol. The number of benzene rings is 2. The van der Waals surface area contributed by atoms with Crippen molar-refractivity contribution >= 4 is 23.6 Å². The first-order valence-electron chi connectivity index (χ1n) is 9.16. The van der Waals surface area contributed by atoms with Crippen molar-refractivity contribution in [2.45, 2.75) is 39.0 Å². The molecular weight excluding hydrogens is 374 g/mol. The summed E-state index contributed by atoms with van der Waals surface area (Å²) in [6.07, 6.45) is -1.23. The van der Waals surface area contributed by atoms with Crippen molar-refractivity contribution in [2.75, 3.05) is 0 Å². The summed E-state index contributed by atoms with van der Waals surface area (Å²) >= 11 is 0. The maximum atomic E-state index is 12.8. The number of Topliss-reactive ketones (excluding diaryl/α,β-unsaturated/α-hetero) is 2. The highest BCUT2D eigenvalue weighted by Gasteiger charge is 2.58. The van der Waals surface area contributed by atoms with Gasteiger partial charge in [-0.1, -0.05) is 62.4 Å². The molecule has 0 atom stereocenters. The number of amides is 1. The topological polar surface area (TPSA) is 98.8 Å². The van der Waals surface area contributed by atoms with Crippen LogP contribution in [0.3, 0.4) is 0 Å². The Balaban J connectivity index is 1.79. The average molecular weight is 395 g/mol. The molecule has 0 aromatic heterocycles. The number of ketones is 2. The highest BCUT2D eigenvalue weighted by molar-refractivity contribution is 6.33. The number of carbonyl (C=O) groups excluding carboxylic acids is 4. The molecule has 3 rings (SSSR count). The van der Waals surface area contributed by atoms with E-state index >= 15 is 0 Å². The molecule has 0 saturated carbocycles. The molecule has 0 unspecified atom stereocenters. The molecule has 7 nitrogen and oxygen atoms in total. The van der Waals surface area contributed by atoms with E-state index in [0.29, 0.717) is 5.92 Å². The van der Waals surface area contributed by atoms with Crippen LogP contribution < -0.4 is 5.32 Å². The zero-order valence-electron chi connectivity index (χ0n) is 16.4. The maximum absolute atomic E-state index is 12.8. The van der Waals surface area contributed by atoms with Crippen LogP contribution in [-0.4, -0.2) is 29.4 Å². The molecule has 150 valence electrons. The molecule has 1 N–H and O–H groups in total. The van der Waals surface area contributed by atoms with Gasteiger partial charge in [-0.2, -0.15) is 0 Å². The number of rotatable bonds is 5. The fourth-order valence-corrected chi connectivity index (χ4v) is 3.18. The van der Waals surface area contributed by atoms with Crippen molar-refractivity contribution in [2.24, 2.45) is 0 Å². The number of nitrogens with one attached hydrogen (secondary N) is 1. The first kappa shape index (κ1) is 20.3. The van der Waals surface area contributed by atoms with E-state index in [1.54, 1.807) is 18.2 Å². The lowest BCUT2D eigenvalue weighted by Gasteiger charge is -2.25. The lowest BCUT2D eigenvalue weighted by atomic mass is 10.0. The molecule has 0 heterocycles. The summed E-state index contributed by atoms with van der Waals surface area (Å²) in [5, 5.41) is 2.19. The Bertz CT molecular complexity index is 959. The second-order valence-electron chi connectivity index (χ2n) is 7.11. The Morgan fingerprint density at radius 3 is 2.17 bits per heavy atom. The van der Waals surface area contributed by atoms with Gasteiger partial charge in [-0.15, -0.1) is 0 Å². The first-order valence-corrected chi connectivity index (χ1v) is 9.16. The number of fused-ring (bicyclic) bond motifs is 1. The lowest BCUT2D eigenvalue weighted by molar-refractivity contribution is -0.124. The van der Waals surface area contributed by atoms with E-state index < -0.39 is 29.4 Å². The summed E-state index contributed by atoms with van der Waals surface area (Å²) in [5.74, 6) is -2.02. The van der Waals surface area contributed by atoms with Crippen LogP contribution in [0.4, 0.5) is 4.79 Å². The van der Waals surface area contributed by atoms with E-state index in [1.165, 1.54) is 12.1 Å². The van der Waals surface area contributed by atoms with Crippen molar-refractivity contribution in [3.8, 4) is 0 Å². The maximum Gasteiger partial charge on any atom is 0.511 e. The third-order valence-corrected chi connectivity index (χ3v) is 4.62. The van der Waals surface area contributed by atoms with Gasteiger partial charge in [0.25, 0.3) is 0 Å². The van der Waals surface area contributed by atoms with E-state index in [4.69, 9.17) is 9.47 Å². The molecular formula is C22H21NO6. The summed E-state index contributed by atoms with van der Waals surface area (Å²) in [7, 11) is 0. The van der Waals surface area contributed by atoms with E-state index in [1.807, 2.05) is 32.0 Å². The largest absolute Gasteiger partial charge is 0.511 e. The molecule has 0 bridgehead atoms. The van der Waals surface area contributed by atoms with Gasteiger partial charge in [0.05, 0.1) is 0 Å². The van der Waals surface area contributed by atoms with E-state index in [9.17, 15) is 19.2 Å². The van der Waals surface area contributed by atoms with Crippen LogP contribution in [0.2, 0.25) is 0 Å². The lowest BCUT2D eigenvalue weighted by Crippen LogP contribution is -2.59. The van der Waals surface area contributed by atoms with Gasteiger partial charge in [0.2, 0.25) is 17.5 Å². The van der Waals surface area contributed by atoms with Gasteiger partial charge in [-0.25, -0.2) is 4.79 Å². The van der Waals surface area contributed by atoms with Crippen LogP contribution in [-0.2, 0) is 20.9 Å². The molecule has 0 spiro atoms. The predicted molar refractivity (Wildman–Crippen MR) is 103 cm³/mol. The summed E-state index contributed by atoms with van der Waals surface area (Å²) in [4.78, 5) is 49.6. The normalized spacial score (nSPS) is 14.5. The number of hydrogen-bond acceptors (Lipinski definition) is 6. The average Bonchev–Trinajstić information content (AvgIpc) is 2.88. The van der Waals surface area contributed by atoms with E-state index in [2.05, 4.69) is 5.32 Å². The highest BCUT2D eigenvalue weighted by atomic mass is 16.7. The van der Waals surface area contributed by atoms with Crippen LogP contribution in [0.5, 0.6) is 0 Å². The second-order valence-corrected chi connectivity index (χ2v) is 7.11. The molecule has 29 heavy (non-hydrogen) atoms. The Kier molecular flexibility index (Phi) is 5.50. The molecule has 1 aliphatic carbocycles. The Hall–Kier alpha value is -3.48. The SMILES string of the molecule is CC(=O)NC1(OC(=O)OCc2cccc(C(C)C)c2)C(=O)c2ccccc2C1=O. The summed E-state index contributed by atoms with van der Waals surface area (Å²) in [5.41, 5.74) is -0.501. The quantitative estimate of drug-likeness (QED) is 0.473. The molecule has 7 heteroatoms. The third kappa shape index (κ3) is 3.89. The number of carbonyl (C=O) groups is 4. The zero-order chi connectivity index (χ0) is 21.2. The summed E-state index contributed by atoms with van der Waals surface area (Å²) < 4.78 is 10.2. The van der Waals surface area contributed by atoms with Gasteiger partial charge in [-0.3, -0.25) is 14.4 Å². The molecule has 0 saturated heterocycles. The Morgan fingerprint density at radius 2 is 1.62 bits per heavy atom. The minimum absolute atomic E-state index is 0.0729. The minimum Gasteiger partial charge on any atom is -0.429 e. The number of ether oxygens (including phenoxy) is 2. The van der Waals surface area contributed by atoms with Gasteiger partial charge >= 0.3 is 11.9 Å². The van der Waals surface area contributed by atoms with Crippen molar-refractivity contribution < 1.29 is 28.7 Å². The predicted octanol–water partition coefficient (Wildman–Crippen LogP) is 3.37. The van der Waals surface area contributed by atoms with E-state index in [-0.39, 0.29) is 17.7 Å². The van der Waals surface area contributed by atoms with Gasteiger partial charge in [0.15, 0.2) is 0 Å². The van der Waals surface area contributed by atoms with Crippen LogP contribution in [0.15, 0.2) is 48.5 Å². The Morgan fingerprint density at radius 1 is 1.00 bits per heavy atom. The zero-order valence-corrected chi connectivity index (χ0v) is 16.4. The molecule has 0 radical (unpaired) electrons. The third-order valence-electron chi connectivity index (χ3n) is 4.62. The van der Waals surface area contributed by atoms with Crippen molar-refractivity contribution in [1.82, 2.24) is 5.32 Å². The van der Waals surface area contributed by atoms with Crippen molar-refractivity contribution in [3.05, 3.63) is 70.8 Å². The summed E-state index contributed by atoms with van der Waals surface area (Å²) in [6.45, 7) is 5.10. The Labute approximate surface area is 168 Å². The first-order chi connectivity index (χ1) is 13.7. The van der Waals surface area contributed by atoms with Gasteiger partial charge in [0.1, 0.15) is 6.61 Å². The summed E-state index contributed by atoms with van der Waals surface area (Å²) in [6, 6.07) is 13.5. The van der Waals surface area contributed by atoms with Crippen LogP contribution in [0, 0.1) is 0 Å². The number of hydrogen-bond donors (Lipinski definition) is 1. The fraction of sp³-hybridized carbons (Fsp3) is 0.273. The minimum atomic E-state index is -2.45. The highest BCUT2D eigenvalue weighted by Crippen LogP contribution is 2.31. The fourth-order valence-electron chi connectivity index (χ4n) is 3.18.